The zero-order chi connectivity index (χ0) is 23.5. The summed E-state index contributed by atoms with van der Waals surface area (Å²) >= 11 is 0. The first-order valence-corrected chi connectivity index (χ1v) is 12.2. The maximum absolute atomic E-state index is 12.3. The summed E-state index contributed by atoms with van der Waals surface area (Å²) in [7, 11) is -3.61. The number of rotatable bonds is 9. The number of aromatic carboxylic acids is 1. The zero-order valence-corrected chi connectivity index (χ0v) is 19.2. The van der Waals surface area contributed by atoms with Crippen LogP contribution in [0.3, 0.4) is 0 Å². The molecule has 1 aliphatic rings. The molecule has 10 heteroatoms. The molecule has 0 amide bonds. The van der Waals surface area contributed by atoms with Crippen LogP contribution in [0.5, 0.6) is 0 Å². The summed E-state index contributed by atoms with van der Waals surface area (Å²) in [5.74, 6) is -0.653. The van der Waals surface area contributed by atoms with E-state index in [1.54, 1.807) is 0 Å². The minimum atomic E-state index is -3.61. The van der Waals surface area contributed by atoms with Crippen molar-refractivity contribution in [3.63, 3.8) is 0 Å². The number of benzene rings is 1. The van der Waals surface area contributed by atoms with Crippen molar-refractivity contribution in [3.8, 4) is 11.5 Å². The van der Waals surface area contributed by atoms with E-state index in [0.29, 0.717) is 18.4 Å². The molecule has 9 nitrogen and oxygen atoms in total. The van der Waals surface area contributed by atoms with E-state index < -0.39 is 21.5 Å². The Hall–Kier alpha value is -2.98. The fourth-order valence-corrected chi connectivity index (χ4v) is 4.68. The van der Waals surface area contributed by atoms with Gasteiger partial charge in [-0.25, -0.2) is 13.2 Å². The largest absolute Gasteiger partial charge is 0.478 e. The van der Waals surface area contributed by atoms with Crippen LogP contribution in [0.2, 0.25) is 0 Å². The molecule has 1 aromatic heterocycles. The second-order valence-electron chi connectivity index (χ2n) is 8.25. The van der Waals surface area contributed by atoms with Gasteiger partial charge in [-0.05, 0) is 50.3 Å². The van der Waals surface area contributed by atoms with Gasteiger partial charge in [0.25, 0.3) is 0 Å². The van der Waals surface area contributed by atoms with E-state index in [4.69, 9.17) is 10.2 Å². The maximum Gasteiger partial charge on any atom is 0.335 e. The number of allylic oxidation sites excluding steroid dienone is 4. The number of carboxylic acid groups (broad SMARTS) is 1. The topological polar surface area (TPSA) is 140 Å². The van der Waals surface area contributed by atoms with Crippen molar-refractivity contribution < 1.29 is 22.7 Å². The van der Waals surface area contributed by atoms with E-state index in [-0.39, 0.29) is 35.5 Å². The molecular formula is C22H28N4O5S. The highest BCUT2D eigenvalue weighted by Gasteiger charge is 2.31. The van der Waals surface area contributed by atoms with Gasteiger partial charge in [0.05, 0.1) is 23.0 Å². The molecule has 32 heavy (non-hydrogen) atoms. The van der Waals surface area contributed by atoms with Gasteiger partial charge in [0.2, 0.25) is 21.8 Å². The predicted molar refractivity (Wildman–Crippen MR) is 122 cm³/mol. The lowest BCUT2D eigenvalue weighted by molar-refractivity contribution is 0.0697. The van der Waals surface area contributed by atoms with Crippen LogP contribution in [0.4, 0.5) is 5.69 Å². The summed E-state index contributed by atoms with van der Waals surface area (Å²) in [6.45, 7) is 3.85. The van der Waals surface area contributed by atoms with Crippen LogP contribution in [0.15, 0.2) is 46.9 Å². The fraction of sp³-hybridized carbons (Fsp3) is 0.409. The Labute approximate surface area is 187 Å². The first-order valence-electron chi connectivity index (χ1n) is 10.3. The highest BCUT2D eigenvalue weighted by atomic mass is 32.2. The second kappa shape index (κ2) is 9.25. The summed E-state index contributed by atoms with van der Waals surface area (Å²) in [6, 6.07) is 4.22. The molecule has 172 valence electrons. The summed E-state index contributed by atoms with van der Waals surface area (Å²) in [5, 5.41) is 17.7. The summed E-state index contributed by atoms with van der Waals surface area (Å²) in [4.78, 5) is 11.7. The highest BCUT2D eigenvalue weighted by Crippen LogP contribution is 2.32. The Morgan fingerprint density at radius 2 is 2.06 bits per heavy atom. The van der Waals surface area contributed by atoms with Crippen molar-refractivity contribution in [3.05, 3.63) is 54.0 Å². The van der Waals surface area contributed by atoms with Crippen LogP contribution in [-0.4, -0.2) is 42.5 Å². The monoisotopic (exact) mass is 460 g/mol. The smallest absolute Gasteiger partial charge is 0.335 e. The van der Waals surface area contributed by atoms with Gasteiger partial charge in [-0.2, -0.15) is 0 Å². The number of hydrogen-bond acceptors (Lipinski definition) is 7. The van der Waals surface area contributed by atoms with E-state index in [0.717, 1.165) is 17.0 Å². The van der Waals surface area contributed by atoms with Crippen LogP contribution in [0.1, 0.15) is 49.4 Å². The number of carbonyl (C=O) groups is 1. The van der Waals surface area contributed by atoms with Gasteiger partial charge in [-0.15, -0.1) is 10.2 Å². The van der Waals surface area contributed by atoms with Crippen LogP contribution >= 0.6 is 0 Å². The molecule has 2 atom stereocenters. The standard InChI is InChI=1S/C22H28N4O5S/c1-4-10-26(32(3,29)30)18-12-16(11-17(13-18)20(27)28)19-24-25-21(31-19)22(2,23)14-15-8-6-5-7-9-15/h5-8,11-13,15H,4,9-10,14,23H2,1-3H3,(H,27,28)/t15?,22-/m1/s1. The number of carboxylic acids is 1. The van der Waals surface area contributed by atoms with E-state index in [2.05, 4.69) is 22.3 Å². The number of aromatic nitrogens is 2. The van der Waals surface area contributed by atoms with Gasteiger partial charge in [-0.3, -0.25) is 4.31 Å². The molecule has 1 aromatic carbocycles. The SMILES string of the molecule is CCCN(c1cc(C(=O)O)cc(-c2nnc([C@](C)(N)CC3C=CC=CC3)o2)c1)S(C)(=O)=O. The second-order valence-corrected chi connectivity index (χ2v) is 10.2. The molecule has 0 fully saturated rings. The molecule has 0 aliphatic heterocycles. The van der Waals surface area contributed by atoms with Crippen LogP contribution in [-0.2, 0) is 15.6 Å². The third-order valence-corrected chi connectivity index (χ3v) is 6.39. The Balaban J connectivity index is 1.98. The number of nitrogens with two attached hydrogens (primary N) is 1. The molecule has 3 rings (SSSR count). The number of anilines is 1. The van der Waals surface area contributed by atoms with Crippen molar-refractivity contribution >= 4 is 21.7 Å². The van der Waals surface area contributed by atoms with Gasteiger partial charge < -0.3 is 15.3 Å². The van der Waals surface area contributed by atoms with Crippen molar-refractivity contribution in [1.29, 1.82) is 0 Å². The van der Waals surface area contributed by atoms with Gasteiger partial charge >= 0.3 is 5.97 Å². The molecule has 2 aromatic rings. The summed E-state index contributed by atoms with van der Waals surface area (Å²) in [5.41, 5.74) is 6.03. The number of sulfonamides is 1. The molecule has 1 unspecified atom stereocenters. The van der Waals surface area contributed by atoms with Crippen molar-refractivity contribution in [1.82, 2.24) is 10.2 Å². The van der Waals surface area contributed by atoms with Crippen molar-refractivity contribution in [2.75, 3.05) is 17.1 Å². The third-order valence-electron chi connectivity index (χ3n) is 5.20. The molecule has 0 saturated carbocycles. The maximum atomic E-state index is 12.3. The molecular weight excluding hydrogens is 432 g/mol. The lowest BCUT2D eigenvalue weighted by Crippen LogP contribution is -2.35. The molecule has 0 saturated heterocycles. The molecule has 1 aliphatic carbocycles. The number of hydrogen-bond donors (Lipinski definition) is 2. The first kappa shape index (κ1) is 23.7. The van der Waals surface area contributed by atoms with Crippen LogP contribution < -0.4 is 10.0 Å². The Morgan fingerprint density at radius 3 is 2.66 bits per heavy atom. The zero-order valence-electron chi connectivity index (χ0n) is 18.4. The van der Waals surface area contributed by atoms with Gasteiger partial charge in [0, 0.05) is 12.1 Å². The molecule has 1 heterocycles. The third kappa shape index (κ3) is 5.43. The van der Waals surface area contributed by atoms with Gasteiger partial charge in [0.15, 0.2) is 0 Å². The molecule has 3 N–H and O–H groups in total. The van der Waals surface area contributed by atoms with E-state index in [1.807, 2.05) is 26.0 Å². The normalized spacial score (nSPS) is 17.8. The van der Waals surface area contributed by atoms with E-state index in [1.165, 1.54) is 18.2 Å². The molecule has 0 bridgehead atoms. The minimum Gasteiger partial charge on any atom is -0.478 e. The Kier molecular flexibility index (Phi) is 6.85. The van der Waals surface area contributed by atoms with Crippen LogP contribution in [0, 0.1) is 5.92 Å². The Morgan fingerprint density at radius 1 is 1.31 bits per heavy atom. The highest BCUT2D eigenvalue weighted by molar-refractivity contribution is 7.92. The summed E-state index contributed by atoms with van der Waals surface area (Å²) < 4.78 is 31.6. The van der Waals surface area contributed by atoms with E-state index in [9.17, 15) is 18.3 Å². The fourth-order valence-electron chi connectivity index (χ4n) is 3.68. The summed E-state index contributed by atoms with van der Waals surface area (Å²) in [6.07, 6.45) is 11.2. The predicted octanol–water partition coefficient (Wildman–Crippen LogP) is 3.31. The minimum absolute atomic E-state index is 0.0741. The average Bonchev–Trinajstić information content (AvgIpc) is 3.22. The van der Waals surface area contributed by atoms with Crippen molar-refractivity contribution in [2.45, 2.75) is 38.6 Å². The molecule has 0 radical (unpaired) electrons. The quantitative estimate of drug-likeness (QED) is 0.581. The van der Waals surface area contributed by atoms with E-state index >= 15 is 0 Å². The lowest BCUT2D eigenvalue weighted by atomic mass is 9.86. The van der Waals surface area contributed by atoms with Crippen molar-refractivity contribution in [2.24, 2.45) is 11.7 Å². The Bertz CT molecular complexity index is 1150. The average molecular weight is 461 g/mol. The van der Waals surface area contributed by atoms with Gasteiger partial charge in [-0.1, -0.05) is 31.2 Å². The number of nitrogens with zero attached hydrogens (tertiary/aromatic N) is 3. The first-order chi connectivity index (χ1) is 15.0. The van der Waals surface area contributed by atoms with Gasteiger partial charge in [0.1, 0.15) is 0 Å². The van der Waals surface area contributed by atoms with Crippen LogP contribution in [0.25, 0.3) is 11.5 Å². The lowest BCUT2D eigenvalue weighted by Gasteiger charge is -2.25. The molecule has 0 spiro atoms.